The summed E-state index contributed by atoms with van der Waals surface area (Å²) >= 11 is 1.94. The van der Waals surface area contributed by atoms with Crippen LogP contribution in [0.25, 0.3) is 11.6 Å². The third-order valence-corrected chi connectivity index (χ3v) is 8.57. The van der Waals surface area contributed by atoms with E-state index in [9.17, 15) is 8.42 Å². The van der Waals surface area contributed by atoms with Gasteiger partial charge in [0.25, 0.3) is 0 Å². The van der Waals surface area contributed by atoms with Crippen LogP contribution in [0.4, 0.5) is 0 Å². The Morgan fingerprint density at radius 3 is 2.29 bits per heavy atom. The lowest BCUT2D eigenvalue weighted by Crippen LogP contribution is -2.31. The standard InChI is InChI=1S/C28H28N2O2S2/c29-34(31,32)24-13-11-21(12-14-24)6-5-17-30-18-15-22(16-19-30)28-25-8-2-1-7-23(25)20-33-27-10-4-3-9-26(27)28/h1-14H,15-20H2,(H2,29,31,32). The highest BCUT2D eigenvalue weighted by Gasteiger charge is 2.23. The predicted molar refractivity (Wildman–Crippen MR) is 141 cm³/mol. The number of sulfonamides is 1. The van der Waals surface area contributed by atoms with Gasteiger partial charge in [0.1, 0.15) is 0 Å². The van der Waals surface area contributed by atoms with Crippen molar-refractivity contribution in [1.82, 2.24) is 4.90 Å². The molecule has 5 rings (SSSR count). The molecule has 2 heterocycles. The highest BCUT2D eigenvalue weighted by atomic mass is 32.2. The van der Waals surface area contributed by atoms with Crippen LogP contribution in [0.2, 0.25) is 0 Å². The monoisotopic (exact) mass is 488 g/mol. The minimum absolute atomic E-state index is 0.140. The quantitative estimate of drug-likeness (QED) is 0.523. The van der Waals surface area contributed by atoms with Crippen LogP contribution in [0, 0.1) is 0 Å². The lowest BCUT2D eigenvalue weighted by molar-refractivity contribution is 0.284. The Labute approximate surface area is 206 Å². The molecule has 0 radical (unpaired) electrons. The molecule has 4 nitrogen and oxygen atoms in total. The van der Waals surface area contributed by atoms with Gasteiger partial charge >= 0.3 is 0 Å². The summed E-state index contributed by atoms with van der Waals surface area (Å²) < 4.78 is 22.8. The van der Waals surface area contributed by atoms with Gasteiger partial charge in [0, 0.05) is 30.3 Å². The molecule has 0 atom stereocenters. The molecule has 0 bridgehead atoms. The van der Waals surface area contributed by atoms with Crippen molar-refractivity contribution in [1.29, 1.82) is 0 Å². The summed E-state index contributed by atoms with van der Waals surface area (Å²) in [6.45, 7) is 2.94. The Bertz CT molecular complexity index is 1300. The molecule has 2 N–H and O–H groups in total. The number of fused-ring (bicyclic) bond motifs is 2. The van der Waals surface area contributed by atoms with Crippen molar-refractivity contribution in [3.8, 4) is 0 Å². The Balaban J connectivity index is 1.31. The Morgan fingerprint density at radius 1 is 0.882 bits per heavy atom. The number of piperidine rings is 1. The van der Waals surface area contributed by atoms with Gasteiger partial charge in [-0.25, -0.2) is 13.6 Å². The maximum absolute atomic E-state index is 11.4. The van der Waals surface area contributed by atoms with E-state index < -0.39 is 10.0 Å². The molecule has 3 aromatic rings. The molecule has 0 unspecified atom stereocenters. The van der Waals surface area contributed by atoms with Gasteiger partial charge in [0.15, 0.2) is 0 Å². The highest BCUT2D eigenvalue weighted by Crippen LogP contribution is 2.43. The first-order chi connectivity index (χ1) is 16.5. The molecule has 3 aromatic carbocycles. The third kappa shape index (κ3) is 5.05. The normalized spacial score (nSPS) is 16.9. The van der Waals surface area contributed by atoms with Gasteiger partial charge < -0.3 is 0 Å². The van der Waals surface area contributed by atoms with Gasteiger partial charge in [-0.2, -0.15) is 0 Å². The van der Waals surface area contributed by atoms with E-state index in [0.29, 0.717) is 0 Å². The van der Waals surface area contributed by atoms with Gasteiger partial charge in [0.2, 0.25) is 10.0 Å². The van der Waals surface area contributed by atoms with Crippen LogP contribution in [0.1, 0.15) is 35.1 Å². The van der Waals surface area contributed by atoms with Crippen molar-refractivity contribution in [2.45, 2.75) is 28.4 Å². The molecule has 0 spiro atoms. The Morgan fingerprint density at radius 2 is 1.56 bits per heavy atom. The van der Waals surface area contributed by atoms with Crippen LogP contribution in [0.15, 0.2) is 94.2 Å². The highest BCUT2D eigenvalue weighted by molar-refractivity contribution is 7.98. The first-order valence-electron chi connectivity index (χ1n) is 11.5. The molecule has 0 saturated carbocycles. The maximum Gasteiger partial charge on any atom is 0.238 e. The summed E-state index contributed by atoms with van der Waals surface area (Å²) in [5.74, 6) is 1.01. The predicted octanol–water partition coefficient (Wildman–Crippen LogP) is 5.55. The number of hydrogen-bond donors (Lipinski definition) is 1. The molecule has 0 aromatic heterocycles. The molecule has 2 aliphatic rings. The van der Waals surface area contributed by atoms with Gasteiger partial charge in [-0.15, -0.1) is 11.8 Å². The molecule has 1 fully saturated rings. The summed E-state index contributed by atoms with van der Waals surface area (Å²) in [5, 5.41) is 5.17. The number of primary sulfonamides is 1. The lowest BCUT2D eigenvalue weighted by Gasteiger charge is -2.29. The number of likely N-dealkylation sites (tertiary alicyclic amines) is 1. The third-order valence-electron chi connectivity index (χ3n) is 6.52. The van der Waals surface area contributed by atoms with Crippen LogP contribution in [0.5, 0.6) is 0 Å². The zero-order valence-electron chi connectivity index (χ0n) is 19.0. The van der Waals surface area contributed by atoms with E-state index in [4.69, 9.17) is 5.14 Å². The smallest absolute Gasteiger partial charge is 0.238 e. The van der Waals surface area contributed by atoms with Gasteiger partial charge in [-0.3, -0.25) is 4.90 Å². The summed E-state index contributed by atoms with van der Waals surface area (Å²) in [6.07, 6.45) is 6.33. The molecule has 1 saturated heterocycles. The first kappa shape index (κ1) is 23.1. The summed E-state index contributed by atoms with van der Waals surface area (Å²) in [5.41, 5.74) is 8.17. The number of rotatable bonds is 4. The average Bonchev–Trinajstić information content (AvgIpc) is 3.01. The fourth-order valence-corrected chi connectivity index (χ4v) is 6.31. The molecule has 174 valence electrons. The average molecular weight is 489 g/mol. The van der Waals surface area contributed by atoms with Crippen molar-refractivity contribution in [3.05, 3.63) is 107 Å². The maximum atomic E-state index is 11.4. The van der Waals surface area contributed by atoms with Crippen molar-refractivity contribution in [2.24, 2.45) is 5.14 Å². The van der Waals surface area contributed by atoms with Crippen molar-refractivity contribution >= 4 is 33.4 Å². The number of benzene rings is 3. The molecule has 2 aliphatic heterocycles. The molecular weight excluding hydrogens is 460 g/mol. The zero-order valence-corrected chi connectivity index (χ0v) is 20.6. The van der Waals surface area contributed by atoms with E-state index in [0.717, 1.165) is 43.8 Å². The fraction of sp³-hybridized carbons (Fsp3) is 0.214. The van der Waals surface area contributed by atoms with Gasteiger partial charge in [0.05, 0.1) is 4.90 Å². The van der Waals surface area contributed by atoms with Crippen molar-refractivity contribution in [2.75, 3.05) is 19.6 Å². The van der Waals surface area contributed by atoms with E-state index >= 15 is 0 Å². The summed E-state index contributed by atoms with van der Waals surface area (Å²) in [4.78, 5) is 3.99. The van der Waals surface area contributed by atoms with E-state index in [1.807, 2.05) is 17.8 Å². The molecule has 6 heteroatoms. The second-order valence-corrected chi connectivity index (χ2v) is 11.3. The second-order valence-electron chi connectivity index (χ2n) is 8.74. The van der Waals surface area contributed by atoms with E-state index in [1.54, 1.807) is 29.8 Å². The summed E-state index contributed by atoms with van der Waals surface area (Å²) in [7, 11) is -3.65. The van der Waals surface area contributed by atoms with Crippen LogP contribution >= 0.6 is 11.8 Å². The van der Waals surface area contributed by atoms with Crippen LogP contribution in [0.3, 0.4) is 0 Å². The summed E-state index contributed by atoms with van der Waals surface area (Å²) in [6, 6.07) is 24.4. The van der Waals surface area contributed by atoms with E-state index in [-0.39, 0.29) is 4.90 Å². The minimum Gasteiger partial charge on any atom is -0.299 e. The van der Waals surface area contributed by atoms with E-state index in [1.165, 1.54) is 27.2 Å². The number of nitrogens with zero attached hydrogens (tertiary/aromatic N) is 1. The minimum atomic E-state index is -3.65. The Kier molecular flexibility index (Phi) is 6.75. The zero-order chi connectivity index (χ0) is 23.5. The molecular formula is C28H28N2O2S2. The van der Waals surface area contributed by atoms with Crippen molar-refractivity contribution < 1.29 is 8.42 Å². The Hall–Kier alpha value is -2.64. The first-order valence-corrected chi connectivity index (χ1v) is 14.1. The fourth-order valence-electron chi connectivity index (χ4n) is 4.73. The van der Waals surface area contributed by atoms with Crippen LogP contribution < -0.4 is 5.14 Å². The van der Waals surface area contributed by atoms with Crippen LogP contribution in [-0.2, 0) is 15.8 Å². The molecule has 0 amide bonds. The van der Waals surface area contributed by atoms with Crippen molar-refractivity contribution in [3.63, 3.8) is 0 Å². The SMILES string of the molecule is NS(=O)(=O)c1ccc(C=CCN2CCC(=C3c4ccccc4CSc4ccccc43)CC2)cc1. The lowest BCUT2D eigenvalue weighted by atomic mass is 9.86. The molecule has 0 aliphatic carbocycles. The van der Waals surface area contributed by atoms with E-state index in [2.05, 4.69) is 59.5 Å². The van der Waals surface area contributed by atoms with Crippen LogP contribution in [-0.4, -0.2) is 33.0 Å². The largest absolute Gasteiger partial charge is 0.299 e. The topological polar surface area (TPSA) is 63.4 Å². The van der Waals surface area contributed by atoms with Gasteiger partial charge in [-0.1, -0.05) is 72.3 Å². The van der Waals surface area contributed by atoms with Gasteiger partial charge in [-0.05, 0) is 58.9 Å². The molecule has 34 heavy (non-hydrogen) atoms. The number of hydrogen-bond acceptors (Lipinski definition) is 4. The second kappa shape index (κ2) is 9.92. The number of thioether (sulfide) groups is 1. The number of nitrogens with two attached hydrogens (primary N) is 1.